The fourth-order valence-electron chi connectivity index (χ4n) is 2.21. The summed E-state index contributed by atoms with van der Waals surface area (Å²) in [4.78, 5) is 28.5. The number of rotatable bonds is 3. The molecule has 0 radical (unpaired) electrons. The van der Waals surface area contributed by atoms with Crippen molar-refractivity contribution in [2.75, 3.05) is 13.1 Å². The third-order valence-corrected chi connectivity index (χ3v) is 3.55. The van der Waals surface area contributed by atoms with Crippen LogP contribution in [0, 0.1) is 5.92 Å². The third kappa shape index (κ3) is 2.26. The summed E-state index contributed by atoms with van der Waals surface area (Å²) < 4.78 is 0. The highest BCUT2D eigenvalue weighted by Crippen LogP contribution is 2.17. The summed E-state index contributed by atoms with van der Waals surface area (Å²) in [5, 5.41) is 6.07. The van der Waals surface area contributed by atoms with E-state index in [-0.39, 0.29) is 23.6 Å². The molecule has 6 heteroatoms. The number of H-pyrrole nitrogens is 2. The van der Waals surface area contributed by atoms with Crippen molar-refractivity contribution >= 4 is 16.9 Å². The van der Waals surface area contributed by atoms with E-state index in [9.17, 15) is 9.59 Å². The van der Waals surface area contributed by atoms with Crippen LogP contribution in [0.3, 0.4) is 0 Å². The van der Waals surface area contributed by atoms with E-state index in [0.29, 0.717) is 0 Å². The van der Waals surface area contributed by atoms with Crippen molar-refractivity contribution in [2.45, 2.75) is 13.0 Å². The van der Waals surface area contributed by atoms with Crippen LogP contribution in [0.1, 0.15) is 18.5 Å². The second-order valence-electron chi connectivity index (χ2n) is 4.97. The molecule has 1 fully saturated rings. The van der Waals surface area contributed by atoms with Crippen molar-refractivity contribution in [3.05, 3.63) is 34.2 Å². The van der Waals surface area contributed by atoms with E-state index in [4.69, 9.17) is 0 Å². The van der Waals surface area contributed by atoms with E-state index in [1.165, 1.54) is 0 Å². The fraction of sp³-hybridized carbons (Fsp3) is 0.385. The first kappa shape index (κ1) is 12.0. The number of nitrogens with one attached hydrogen (secondary N) is 4. The Bertz CT molecular complexity index is 669. The van der Waals surface area contributed by atoms with Crippen LogP contribution in [0.5, 0.6) is 0 Å². The summed E-state index contributed by atoms with van der Waals surface area (Å²) in [6.07, 6.45) is 0. The maximum atomic E-state index is 11.9. The van der Waals surface area contributed by atoms with Crippen molar-refractivity contribution in [2.24, 2.45) is 5.92 Å². The average Bonchev–Trinajstić information content (AvgIpc) is 2.65. The summed E-state index contributed by atoms with van der Waals surface area (Å²) >= 11 is 0. The first-order chi connectivity index (χ1) is 9.13. The molecule has 2 aromatic rings. The van der Waals surface area contributed by atoms with Crippen LogP contribution in [-0.2, 0) is 4.79 Å². The van der Waals surface area contributed by atoms with Crippen LogP contribution in [0.4, 0.5) is 0 Å². The number of benzene rings is 1. The molecule has 1 aromatic heterocycles. The highest BCUT2D eigenvalue weighted by atomic mass is 16.2. The molecule has 6 nitrogen and oxygen atoms in total. The topological polar surface area (TPSA) is 89.8 Å². The Morgan fingerprint density at radius 2 is 2.05 bits per heavy atom. The Kier molecular flexibility index (Phi) is 2.87. The molecule has 1 atom stereocenters. The molecule has 0 spiro atoms. The van der Waals surface area contributed by atoms with Gasteiger partial charge in [-0.15, -0.1) is 0 Å². The van der Waals surface area contributed by atoms with Crippen LogP contribution < -0.4 is 16.3 Å². The zero-order chi connectivity index (χ0) is 13.4. The first-order valence-electron chi connectivity index (χ1n) is 6.36. The first-order valence-corrected chi connectivity index (χ1v) is 6.36. The number of hydrogen-bond donors (Lipinski definition) is 4. The zero-order valence-electron chi connectivity index (χ0n) is 10.6. The molecule has 1 unspecified atom stereocenters. The molecule has 1 amide bonds. The molecular weight excluding hydrogens is 244 g/mol. The van der Waals surface area contributed by atoms with Gasteiger partial charge in [-0.1, -0.05) is 6.07 Å². The quantitative estimate of drug-likeness (QED) is 0.638. The highest BCUT2D eigenvalue weighted by Gasteiger charge is 2.25. The standard InChI is InChI=1S/C13H16N4O2/c1-7(15-12(18)9-5-14-6-9)8-2-3-10-11(4-8)17-13(19)16-10/h2-4,7,9,14H,5-6H2,1H3,(H,15,18)(H2,16,17,19). The number of hydrogen-bond acceptors (Lipinski definition) is 3. The minimum absolute atomic E-state index is 0.0732. The minimum atomic E-state index is -0.218. The van der Waals surface area contributed by atoms with E-state index in [1.54, 1.807) is 0 Å². The van der Waals surface area contributed by atoms with Crippen LogP contribution in [0.15, 0.2) is 23.0 Å². The number of imidazole rings is 1. The predicted octanol–water partition coefficient (Wildman–Crippen LogP) is 0.253. The molecule has 100 valence electrons. The number of carbonyl (C=O) groups excluding carboxylic acids is 1. The Labute approximate surface area is 109 Å². The zero-order valence-corrected chi connectivity index (χ0v) is 10.6. The highest BCUT2D eigenvalue weighted by molar-refractivity contribution is 5.81. The summed E-state index contributed by atoms with van der Waals surface area (Å²) in [5.74, 6) is 0.159. The molecule has 1 aliphatic heterocycles. The van der Waals surface area contributed by atoms with Crippen molar-refractivity contribution in [1.82, 2.24) is 20.6 Å². The summed E-state index contributed by atoms with van der Waals surface area (Å²) in [6, 6.07) is 5.57. The Morgan fingerprint density at radius 3 is 2.74 bits per heavy atom. The van der Waals surface area contributed by atoms with Crippen molar-refractivity contribution in [3.8, 4) is 0 Å². The Morgan fingerprint density at radius 1 is 1.32 bits per heavy atom. The van der Waals surface area contributed by atoms with Gasteiger partial charge in [0, 0.05) is 13.1 Å². The summed E-state index contributed by atoms with van der Waals surface area (Å²) in [7, 11) is 0. The van der Waals surface area contributed by atoms with Gasteiger partial charge in [-0.05, 0) is 24.6 Å². The lowest BCUT2D eigenvalue weighted by molar-refractivity contribution is -0.127. The maximum Gasteiger partial charge on any atom is 0.323 e. The Balaban J connectivity index is 1.78. The lowest BCUT2D eigenvalue weighted by Gasteiger charge is -2.27. The smallest absolute Gasteiger partial charge is 0.323 e. The number of fused-ring (bicyclic) bond motifs is 1. The number of aromatic nitrogens is 2. The van der Waals surface area contributed by atoms with E-state index >= 15 is 0 Å². The molecular formula is C13H16N4O2. The Hall–Kier alpha value is -2.08. The van der Waals surface area contributed by atoms with Gasteiger partial charge >= 0.3 is 5.69 Å². The van der Waals surface area contributed by atoms with Gasteiger partial charge in [0.15, 0.2) is 0 Å². The van der Waals surface area contributed by atoms with Gasteiger partial charge in [0.05, 0.1) is 23.0 Å². The second kappa shape index (κ2) is 4.55. The lowest BCUT2D eigenvalue weighted by atomic mass is 10.0. The predicted molar refractivity (Wildman–Crippen MR) is 71.8 cm³/mol. The van der Waals surface area contributed by atoms with E-state index in [1.807, 2.05) is 25.1 Å². The van der Waals surface area contributed by atoms with Crippen molar-refractivity contribution in [3.63, 3.8) is 0 Å². The van der Waals surface area contributed by atoms with E-state index in [0.717, 1.165) is 29.7 Å². The van der Waals surface area contributed by atoms with Crippen molar-refractivity contribution in [1.29, 1.82) is 0 Å². The average molecular weight is 260 g/mol. The van der Waals surface area contributed by atoms with E-state index < -0.39 is 0 Å². The lowest BCUT2D eigenvalue weighted by Crippen LogP contribution is -2.51. The third-order valence-electron chi connectivity index (χ3n) is 3.55. The monoisotopic (exact) mass is 260 g/mol. The molecule has 1 aromatic carbocycles. The van der Waals surface area contributed by atoms with Gasteiger partial charge in [-0.3, -0.25) is 4.79 Å². The van der Waals surface area contributed by atoms with Crippen molar-refractivity contribution < 1.29 is 4.79 Å². The fourth-order valence-corrected chi connectivity index (χ4v) is 2.21. The number of aromatic amines is 2. The molecule has 1 aliphatic rings. The maximum absolute atomic E-state index is 11.9. The van der Waals surface area contributed by atoms with Gasteiger partial charge in [0.1, 0.15) is 0 Å². The van der Waals surface area contributed by atoms with Gasteiger partial charge in [-0.2, -0.15) is 0 Å². The summed E-state index contributed by atoms with van der Waals surface area (Å²) in [6.45, 7) is 3.45. The van der Waals surface area contributed by atoms with Crippen LogP contribution >= 0.6 is 0 Å². The van der Waals surface area contributed by atoms with Gasteiger partial charge in [0.2, 0.25) is 5.91 Å². The normalized spacial score (nSPS) is 17.1. The molecule has 0 saturated carbocycles. The molecule has 4 N–H and O–H groups in total. The van der Waals surface area contributed by atoms with Crippen LogP contribution in [0.2, 0.25) is 0 Å². The largest absolute Gasteiger partial charge is 0.349 e. The van der Waals surface area contributed by atoms with Gasteiger partial charge < -0.3 is 20.6 Å². The number of carbonyl (C=O) groups is 1. The SMILES string of the molecule is CC(NC(=O)C1CNC1)c1ccc2[nH]c(=O)[nH]c2c1. The summed E-state index contributed by atoms with van der Waals surface area (Å²) in [5.41, 5.74) is 2.29. The van der Waals surface area contributed by atoms with Gasteiger partial charge in [-0.25, -0.2) is 4.79 Å². The molecule has 0 aliphatic carbocycles. The molecule has 3 rings (SSSR count). The second-order valence-corrected chi connectivity index (χ2v) is 4.97. The van der Waals surface area contributed by atoms with E-state index in [2.05, 4.69) is 20.6 Å². The molecule has 0 bridgehead atoms. The minimum Gasteiger partial charge on any atom is -0.349 e. The van der Waals surface area contributed by atoms with Gasteiger partial charge in [0.25, 0.3) is 0 Å². The molecule has 2 heterocycles. The van der Waals surface area contributed by atoms with Crippen LogP contribution in [-0.4, -0.2) is 29.0 Å². The number of amides is 1. The molecule has 19 heavy (non-hydrogen) atoms. The van der Waals surface area contributed by atoms with Crippen LogP contribution in [0.25, 0.3) is 11.0 Å². The molecule has 1 saturated heterocycles.